The average Bonchev–Trinajstić information content (AvgIpc) is 2.61. The van der Waals surface area contributed by atoms with Gasteiger partial charge in [0.15, 0.2) is 11.5 Å². The molecule has 2 aliphatic rings. The monoisotopic (exact) mass is 191 g/mol. The van der Waals surface area contributed by atoms with E-state index in [0.29, 0.717) is 13.2 Å². The van der Waals surface area contributed by atoms with E-state index in [2.05, 4.69) is 6.07 Å². The van der Waals surface area contributed by atoms with Gasteiger partial charge in [-0.25, -0.2) is 0 Å². The number of hydrogen-bond donors (Lipinski definition) is 1. The Morgan fingerprint density at radius 3 is 3.00 bits per heavy atom. The molecule has 0 amide bonds. The molecule has 0 saturated heterocycles. The zero-order valence-electron chi connectivity index (χ0n) is 7.95. The third-order valence-electron chi connectivity index (χ3n) is 2.95. The highest BCUT2D eigenvalue weighted by Gasteiger charge is 2.26. The molecular formula is C11H13NO2. The molecule has 1 atom stereocenters. The van der Waals surface area contributed by atoms with Crippen molar-refractivity contribution >= 4 is 0 Å². The maximum atomic E-state index is 5.98. The molecule has 0 bridgehead atoms. The molecule has 1 aliphatic carbocycles. The number of rotatable bonds is 0. The lowest BCUT2D eigenvalue weighted by Crippen LogP contribution is -2.16. The van der Waals surface area contributed by atoms with Crippen LogP contribution < -0.4 is 15.2 Å². The molecule has 3 nitrogen and oxygen atoms in total. The van der Waals surface area contributed by atoms with Crippen LogP contribution in [-0.4, -0.2) is 13.2 Å². The standard InChI is InChI=1S/C11H13NO2/c12-9-3-1-8-7(9)2-4-10-11(8)14-6-5-13-10/h2,4,9H,1,3,5-6,12H2. The first-order valence-electron chi connectivity index (χ1n) is 5.03. The molecule has 0 saturated carbocycles. The van der Waals surface area contributed by atoms with Gasteiger partial charge in [-0.15, -0.1) is 0 Å². The van der Waals surface area contributed by atoms with Gasteiger partial charge in [-0.1, -0.05) is 6.07 Å². The van der Waals surface area contributed by atoms with Crippen molar-refractivity contribution in [3.63, 3.8) is 0 Å². The summed E-state index contributed by atoms with van der Waals surface area (Å²) in [5.74, 6) is 1.81. The summed E-state index contributed by atoms with van der Waals surface area (Å²) in [6.07, 6.45) is 2.04. The van der Waals surface area contributed by atoms with Gasteiger partial charge in [0.05, 0.1) is 0 Å². The molecule has 0 fully saturated rings. The van der Waals surface area contributed by atoms with E-state index in [4.69, 9.17) is 15.2 Å². The fraction of sp³-hybridized carbons (Fsp3) is 0.455. The quantitative estimate of drug-likeness (QED) is 0.674. The second kappa shape index (κ2) is 2.89. The summed E-state index contributed by atoms with van der Waals surface area (Å²) in [7, 11) is 0. The third-order valence-corrected chi connectivity index (χ3v) is 2.95. The van der Waals surface area contributed by atoms with Crippen LogP contribution in [0.15, 0.2) is 12.1 Å². The minimum absolute atomic E-state index is 0.181. The van der Waals surface area contributed by atoms with Crippen molar-refractivity contribution in [1.29, 1.82) is 0 Å². The molecule has 2 N–H and O–H groups in total. The van der Waals surface area contributed by atoms with E-state index in [0.717, 1.165) is 24.3 Å². The zero-order chi connectivity index (χ0) is 9.54. The van der Waals surface area contributed by atoms with E-state index in [1.54, 1.807) is 0 Å². The van der Waals surface area contributed by atoms with Crippen LogP contribution in [0.5, 0.6) is 11.5 Å². The maximum Gasteiger partial charge on any atom is 0.164 e. The van der Waals surface area contributed by atoms with Gasteiger partial charge >= 0.3 is 0 Å². The Morgan fingerprint density at radius 1 is 1.21 bits per heavy atom. The van der Waals surface area contributed by atoms with E-state index >= 15 is 0 Å². The first-order valence-corrected chi connectivity index (χ1v) is 5.03. The summed E-state index contributed by atoms with van der Waals surface area (Å²) in [5.41, 5.74) is 8.47. The molecule has 74 valence electrons. The number of benzene rings is 1. The number of nitrogens with two attached hydrogens (primary N) is 1. The average molecular weight is 191 g/mol. The zero-order valence-corrected chi connectivity index (χ0v) is 7.95. The van der Waals surface area contributed by atoms with Gasteiger partial charge in [0, 0.05) is 11.6 Å². The summed E-state index contributed by atoms with van der Waals surface area (Å²) in [5, 5.41) is 0. The lowest BCUT2D eigenvalue weighted by Gasteiger charge is -2.21. The van der Waals surface area contributed by atoms with Crippen LogP contribution >= 0.6 is 0 Å². The molecule has 1 heterocycles. The molecule has 1 aromatic rings. The summed E-state index contributed by atoms with van der Waals surface area (Å²) in [4.78, 5) is 0. The Morgan fingerprint density at radius 2 is 2.07 bits per heavy atom. The summed E-state index contributed by atoms with van der Waals surface area (Å²) >= 11 is 0. The van der Waals surface area contributed by atoms with Crippen molar-refractivity contribution in [3.05, 3.63) is 23.3 Å². The first-order chi connectivity index (χ1) is 6.86. The summed E-state index contributed by atoms with van der Waals surface area (Å²) in [6.45, 7) is 1.30. The van der Waals surface area contributed by atoms with E-state index in [1.165, 1.54) is 11.1 Å². The van der Waals surface area contributed by atoms with Gasteiger partial charge in [0.25, 0.3) is 0 Å². The molecule has 0 radical (unpaired) electrons. The minimum atomic E-state index is 0.181. The van der Waals surface area contributed by atoms with Crippen LogP contribution in [0.1, 0.15) is 23.6 Å². The maximum absolute atomic E-state index is 5.98. The Hall–Kier alpha value is -1.22. The molecule has 0 aromatic heterocycles. The fourth-order valence-corrected chi connectivity index (χ4v) is 2.25. The van der Waals surface area contributed by atoms with Gasteiger partial charge in [0.1, 0.15) is 13.2 Å². The van der Waals surface area contributed by atoms with Crippen LogP contribution in [0, 0.1) is 0 Å². The van der Waals surface area contributed by atoms with Crippen LogP contribution in [-0.2, 0) is 6.42 Å². The van der Waals surface area contributed by atoms with Gasteiger partial charge in [0.2, 0.25) is 0 Å². The van der Waals surface area contributed by atoms with Crippen LogP contribution in [0.25, 0.3) is 0 Å². The molecule has 1 aromatic carbocycles. The van der Waals surface area contributed by atoms with Crippen LogP contribution in [0.3, 0.4) is 0 Å². The largest absolute Gasteiger partial charge is 0.486 e. The third kappa shape index (κ3) is 1.02. The van der Waals surface area contributed by atoms with Crippen LogP contribution in [0.2, 0.25) is 0 Å². The SMILES string of the molecule is NC1CCc2c1ccc1c2OCCO1. The van der Waals surface area contributed by atoms with Crippen molar-refractivity contribution in [2.45, 2.75) is 18.9 Å². The molecular weight excluding hydrogens is 178 g/mol. The molecule has 1 aliphatic heterocycles. The Labute approximate surface area is 82.8 Å². The van der Waals surface area contributed by atoms with E-state index in [1.807, 2.05) is 6.07 Å². The Bertz CT molecular complexity index is 376. The number of hydrogen-bond acceptors (Lipinski definition) is 3. The predicted molar refractivity (Wildman–Crippen MR) is 52.7 cm³/mol. The molecule has 14 heavy (non-hydrogen) atoms. The number of ether oxygens (including phenoxy) is 2. The van der Waals surface area contributed by atoms with Crippen LogP contribution in [0.4, 0.5) is 0 Å². The van der Waals surface area contributed by atoms with Crippen molar-refractivity contribution in [2.75, 3.05) is 13.2 Å². The topological polar surface area (TPSA) is 44.5 Å². The molecule has 3 rings (SSSR count). The van der Waals surface area contributed by atoms with Gasteiger partial charge in [-0.2, -0.15) is 0 Å². The van der Waals surface area contributed by atoms with E-state index < -0.39 is 0 Å². The summed E-state index contributed by atoms with van der Waals surface area (Å²) < 4.78 is 11.2. The van der Waals surface area contributed by atoms with E-state index in [9.17, 15) is 0 Å². The van der Waals surface area contributed by atoms with Gasteiger partial charge < -0.3 is 15.2 Å². The van der Waals surface area contributed by atoms with Crippen molar-refractivity contribution in [1.82, 2.24) is 0 Å². The first kappa shape index (κ1) is 8.12. The number of fused-ring (bicyclic) bond motifs is 3. The minimum Gasteiger partial charge on any atom is -0.486 e. The molecule has 1 unspecified atom stereocenters. The van der Waals surface area contributed by atoms with E-state index in [-0.39, 0.29) is 6.04 Å². The molecule has 0 spiro atoms. The highest BCUT2D eigenvalue weighted by molar-refractivity contribution is 5.54. The lowest BCUT2D eigenvalue weighted by atomic mass is 10.1. The van der Waals surface area contributed by atoms with Crippen molar-refractivity contribution in [3.8, 4) is 11.5 Å². The van der Waals surface area contributed by atoms with Crippen molar-refractivity contribution < 1.29 is 9.47 Å². The summed E-state index contributed by atoms with van der Waals surface area (Å²) in [6, 6.07) is 4.22. The van der Waals surface area contributed by atoms with Crippen molar-refractivity contribution in [2.24, 2.45) is 5.73 Å². The molecule has 3 heteroatoms. The Kier molecular flexibility index (Phi) is 1.67. The highest BCUT2D eigenvalue weighted by Crippen LogP contribution is 2.42. The van der Waals surface area contributed by atoms with Gasteiger partial charge in [-0.05, 0) is 24.5 Å². The highest BCUT2D eigenvalue weighted by atomic mass is 16.6. The second-order valence-corrected chi connectivity index (χ2v) is 3.80. The van der Waals surface area contributed by atoms with Gasteiger partial charge in [-0.3, -0.25) is 0 Å². The Balaban J connectivity index is 2.15. The fourth-order valence-electron chi connectivity index (χ4n) is 2.25. The lowest BCUT2D eigenvalue weighted by molar-refractivity contribution is 0.170. The smallest absolute Gasteiger partial charge is 0.164 e. The predicted octanol–water partition coefficient (Wildman–Crippen LogP) is 1.40. The normalized spacial score (nSPS) is 23.4. The second-order valence-electron chi connectivity index (χ2n) is 3.80.